The minimum Gasteiger partial charge on any atom is -0.462 e. The molecule has 0 aliphatic rings. The molecule has 1 amide bonds. The molecule has 1 N–H and O–H groups in total. The molecule has 7 heteroatoms. The molecule has 0 fully saturated rings. The van der Waals surface area contributed by atoms with Gasteiger partial charge in [0.05, 0.1) is 29.9 Å². The molecule has 0 aliphatic carbocycles. The van der Waals surface area contributed by atoms with Crippen molar-refractivity contribution in [1.82, 2.24) is 9.78 Å². The van der Waals surface area contributed by atoms with Crippen molar-refractivity contribution in [1.29, 1.82) is 0 Å². The number of ether oxygens (including phenoxy) is 1. The standard InChI is InChI=1S/C24H20FN3O3/c1-2-31-24(30)18-7-3-5-9-20(18)26-23(29)22-19-8-4-6-10-21(19)28(27-22)15-16-11-13-17(25)14-12-16/h3-14H,2,15H2,1H3,(H,26,29). The van der Waals surface area contributed by atoms with Crippen LogP contribution in [0.1, 0.15) is 33.3 Å². The first-order valence-electron chi connectivity index (χ1n) is 9.84. The van der Waals surface area contributed by atoms with Crippen molar-refractivity contribution in [2.24, 2.45) is 0 Å². The zero-order valence-corrected chi connectivity index (χ0v) is 16.8. The summed E-state index contributed by atoms with van der Waals surface area (Å²) in [6.45, 7) is 2.34. The first kappa shape index (κ1) is 20.3. The van der Waals surface area contributed by atoms with E-state index in [0.29, 0.717) is 17.6 Å². The number of rotatable bonds is 6. The van der Waals surface area contributed by atoms with Gasteiger partial charge in [0.1, 0.15) is 5.82 Å². The molecule has 0 spiro atoms. The van der Waals surface area contributed by atoms with Crippen molar-refractivity contribution in [3.05, 3.63) is 95.4 Å². The lowest BCUT2D eigenvalue weighted by Gasteiger charge is -2.09. The summed E-state index contributed by atoms with van der Waals surface area (Å²) in [6.07, 6.45) is 0. The molecule has 0 saturated carbocycles. The fraction of sp³-hybridized carbons (Fsp3) is 0.125. The molecular formula is C24H20FN3O3. The second kappa shape index (κ2) is 8.79. The summed E-state index contributed by atoms with van der Waals surface area (Å²) in [5.74, 6) is -1.26. The Balaban J connectivity index is 1.67. The van der Waals surface area contributed by atoms with E-state index in [0.717, 1.165) is 11.1 Å². The van der Waals surface area contributed by atoms with Crippen molar-refractivity contribution in [2.75, 3.05) is 11.9 Å². The Morgan fingerprint density at radius 1 is 1.00 bits per heavy atom. The Hall–Kier alpha value is -4.00. The van der Waals surface area contributed by atoms with E-state index in [-0.39, 0.29) is 23.7 Å². The third-order valence-corrected chi connectivity index (χ3v) is 4.79. The van der Waals surface area contributed by atoms with Crippen LogP contribution in [0.5, 0.6) is 0 Å². The van der Waals surface area contributed by atoms with Crippen molar-refractivity contribution in [3.8, 4) is 0 Å². The van der Waals surface area contributed by atoms with Crippen LogP contribution in [-0.4, -0.2) is 28.3 Å². The van der Waals surface area contributed by atoms with Crippen molar-refractivity contribution in [3.63, 3.8) is 0 Å². The molecule has 0 bridgehead atoms. The number of amides is 1. The molecule has 0 atom stereocenters. The van der Waals surface area contributed by atoms with Gasteiger partial charge in [0.2, 0.25) is 0 Å². The lowest BCUT2D eigenvalue weighted by molar-refractivity contribution is 0.0527. The Bertz CT molecular complexity index is 1250. The number of hydrogen-bond acceptors (Lipinski definition) is 4. The number of benzene rings is 3. The van der Waals surface area contributed by atoms with Gasteiger partial charge < -0.3 is 10.1 Å². The lowest BCUT2D eigenvalue weighted by Crippen LogP contribution is -2.17. The summed E-state index contributed by atoms with van der Waals surface area (Å²) in [5.41, 5.74) is 2.48. The number of hydrogen-bond donors (Lipinski definition) is 1. The number of nitrogens with one attached hydrogen (secondary N) is 1. The molecule has 0 unspecified atom stereocenters. The van der Waals surface area contributed by atoms with Gasteiger partial charge in [-0.2, -0.15) is 5.10 Å². The SMILES string of the molecule is CCOC(=O)c1ccccc1NC(=O)c1nn(Cc2ccc(F)cc2)c2ccccc12. The van der Waals surface area contributed by atoms with E-state index < -0.39 is 11.9 Å². The molecule has 0 aliphatic heterocycles. The van der Waals surface area contributed by atoms with Gasteiger partial charge in [-0.1, -0.05) is 42.5 Å². The van der Waals surface area contributed by atoms with Gasteiger partial charge in [-0.15, -0.1) is 0 Å². The van der Waals surface area contributed by atoms with Gasteiger partial charge >= 0.3 is 5.97 Å². The highest BCUT2D eigenvalue weighted by molar-refractivity contribution is 6.13. The van der Waals surface area contributed by atoms with Crippen LogP contribution in [0.3, 0.4) is 0 Å². The highest BCUT2D eigenvalue weighted by Crippen LogP contribution is 2.22. The minimum absolute atomic E-state index is 0.233. The summed E-state index contributed by atoms with van der Waals surface area (Å²) in [7, 11) is 0. The molecule has 31 heavy (non-hydrogen) atoms. The third kappa shape index (κ3) is 4.30. The van der Waals surface area contributed by atoms with E-state index in [2.05, 4.69) is 10.4 Å². The largest absolute Gasteiger partial charge is 0.462 e. The zero-order valence-electron chi connectivity index (χ0n) is 16.8. The monoisotopic (exact) mass is 417 g/mol. The molecule has 4 aromatic rings. The van der Waals surface area contributed by atoms with Gasteiger partial charge in [0, 0.05) is 5.39 Å². The van der Waals surface area contributed by atoms with Crippen LogP contribution in [0.15, 0.2) is 72.8 Å². The highest BCUT2D eigenvalue weighted by Gasteiger charge is 2.20. The fourth-order valence-corrected chi connectivity index (χ4v) is 3.34. The molecule has 3 aromatic carbocycles. The van der Waals surface area contributed by atoms with E-state index in [1.807, 2.05) is 24.3 Å². The number of carbonyl (C=O) groups excluding carboxylic acids is 2. The number of para-hydroxylation sites is 2. The fourth-order valence-electron chi connectivity index (χ4n) is 3.34. The number of anilines is 1. The van der Waals surface area contributed by atoms with Crippen LogP contribution >= 0.6 is 0 Å². The smallest absolute Gasteiger partial charge is 0.340 e. The maximum atomic E-state index is 13.2. The van der Waals surface area contributed by atoms with Gasteiger partial charge in [-0.3, -0.25) is 9.48 Å². The van der Waals surface area contributed by atoms with Crippen LogP contribution in [0.25, 0.3) is 10.9 Å². The van der Waals surface area contributed by atoms with E-state index in [1.165, 1.54) is 12.1 Å². The van der Waals surface area contributed by atoms with Crippen LogP contribution in [-0.2, 0) is 11.3 Å². The summed E-state index contributed by atoms with van der Waals surface area (Å²) >= 11 is 0. The predicted molar refractivity (Wildman–Crippen MR) is 116 cm³/mol. The van der Waals surface area contributed by atoms with E-state index in [4.69, 9.17) is 4.74 Å². The van der Waals surface area contributed by atoms with Crippen LogP contribution in [0, 0.1) is 5.82 Å². The highest BCUT2D eigenvalue weighted by atomic mass is 19.1. The molecule has 0 radical (unpaired) electrons. The van der Waals surface area contributed by atoms with Gasteiger partial charge in [0.15, 0.2) is 5.69 Å². The summed E-state index contributed by atoms with van der Waals surface area (Å²) in [5, 5.41) is 7.96. The summed E-state index contributed by atoms with van der Waals surface area (Å²) in [4.78, 5) is 25.3. The van der Waals surface area contributed by atoms with Crippen molar-refractivity contribution in [2.45, 2.75) is 13.5 Å². The van der Waals surface area contributed by atoms with Crippen LogP contribution in [0.4, 0.5) is 10.1 Å². The zero-order chi connectivity index (χ0) is 21.8. The Kier molecular flexibility index (Phi) is 5.75. The average molecular weight is 417 g/mol. The number of esters is 1. The van der Waals surface area contributed by atoms with E-state index >= 15 is 0 Å². The predicted octanol–water partition coefficient (Wildman–Crippen LogP) is 4.65. The van der Waals surface area contributed by atoms with Crippen LogP contribution < -0.4 is 5.32 Å². The Morgan fingerprint density at radius 3 is 2.48 bits per heavy atom. The van der Waals surface area contributed by atoms with Gasteiger partial charge in [0.25, 0.3) is 5.91 Å². The molecular weight excluding hydrogens is 397 g/mol. The van der Waals surface area contributed by atoms with E-state index in [9.17, 15) is 14.0 Å². The molecule has 0 saturated heterocycles. The molecule has 156 valence electrons. The maximum Gasteiger partial charge on any atom is 0.340 e. The maximum absolute atomic E-state index is 13.2. The first-order chi connectivity index (χ1) is 15.1. The normalized spacial score (nSPS) is 10.8. The number of aromatic nitrogens is 2. The molecule has 6 nitrogen and oxygen atoms in total. The van der Waals surface area contributed by atoms with Gasteiger partial charge in [-0.25, -0.2) is 9.18 Å². The minimum atomic E-state index is -0.509. The van der Waals surface area contributed by atoms with E-state index in [1.54, 1.807) is 48.0 Å². The number of nitrogens with zero attached hydrogens (tertiary/aromatic N) is 2. The van der Waals surface area contributed by atoms with Crippen molar-refractivity contribution < 1.29 is 18.7 Å². The quantitative estimate of drug-likeness (QED) is 0.464. The molecule has 4 rings (SSSR count). The number of halogens is 1. The number of fused-ring (bicyclic) bond motifs is 1. The lowest BCUT2D eigenvalue weighted by atomic mass is 10.1. The van der Waals surface area contributed by atoms with Gasteiger partial charge in [-0.05, 0) is 42.8 Å². The number of carbonyl (C=O) groups is 2. The Morgan fingerprint density at radius 2 is 1.71 bits per heavy atom. The second-order valence-electron chi connectivity index (χ2n) is 6.87. The molecule has 1 aromatic heterocycles. The second-order valence-corrected chi connectivity index (χ2v) is 6.87. The first-order valence-corrected chi connectivity index (χ1v) is 9.84. The Labute approximate surface area is 178 Å². The summed E-state index contributed by atoms with van der Waals surface area (Å²) < 4.78 is 20.0. The third-order valence-electron chi connectivity index (χ3n) is 4.79. The molecule has 1 heterocycles. The van der Waals surface area contributed by atoms with Crippen LogP contribution in [0.2, 0.25) is 0 Å². The topological polar surface area (TPSA) is 73.2 Å². The average Bonchev–Trinajstić information content (AvgIpc) is 3.14. The summed E-state index contributed by atoms with van der Waals surface area (Å²) in [6, 6.07) is 20.2. The van der Waals surface area contributed by atoms with Crippen molar-refractivity contribution >= 4 is 28.5 Å².